The minimum atomic E-state index is -3.46. The third-order valence-electron chi connectivity index (χ3n) is 2.94. The Hall–Kier alpha value is -0.500. The Labute approximate surface area is 130 Å². The topological polar surface area (TPSA) is 72.2 Å². The minimum Gasteiger partial charge on any atom is -0.389 e. The Balaban J connectivity index is 2.57. The molecule has 0 radical (unpaired) electrons. The molecule has 0 saturated carbocycles. The van der Waals surface area contributed by atoms with E-state index in [1.54, 1.807) is 12.1 Å². The van der Waals surface area contributed by atoms with Crippen LogP contribution in [0.2, 0.25) is 0 Å². The molecule has 3 N–H and O–H groups in total. The summed E-state index contributed by atoms with van der Waals surface area (Å²) in [6.07, 6.45) is 5.42. The average Bonchev–Trinajstić information content (AvgIpc) is 2.84. The van der Waals surface area contributed by atoms with Gasteiger partial charge in [0.05, 0.1) is 4.88 Å². The maximum absolute atomic E-state index is 12.2. The lowest BCUT2D eigenvalue weighted by atomic mass is 10.1. The molecular formula is C13H22N2O2S3. The van der Waals surface area contributed by atoms with Crippen molar-refractivity contribution < 1.29 is 8.42 Å². The summed E-state index contributed by atoms with van der Waals surface area (Å²) in [5.41, 5.74) is 5.49. The summed E-state index contributed by atoms with van der Waals surface area (Å²) >= 11 is 5.95. The molecule has 1 aromatic rings. The van der Waals surface area contributed by atoms with Crippen molar-refractivity contribution in [1.82, 2.24) is 4.72 Å². The van der Waals surface area contributed by atoms with Crippen molar-refractivity contribution in [2.45, 2.75) is 56.2 Å². The Bertz CT molecular complexity index is 538. The van der Waals surface area contributed by atoms with Gasteiger partial charge in [-0.15, -0.1) is 11.3 Å². The first-order valence-corrected chi connectivity index (χ1v) is 9.49. The number of nitrogens with one attached hydrogen (secondary N) is 1. The fourth-order valence-electron chi connectivity index (χ4n) is 1.86. The molecule has 1 unspecified atom stereocenters. The lowest BCUT2D eigenvalue weighted by Crippen LogP contribution is -2.32. The first-order chi connectivity index (χ1) is 9.36. The molecule has 7 heteroatoms. The summed E-state index contributed by atoms with van der Waals surface area (Å²) in [6.45, 7) is 4.05. The first kappa shape index (κ1) is 17.6. The zero-order valence-corrected chi connectivity index (χ0v) is 14.3. The van der Waals surface area contributed by atoms with E-state index in [2.05, 4.69) is 11.6 Å². The first-order valence-electron chi connectivity index (χ1n) is 6.78. The van der Waals surface area contributed by atoms with Gasteiger partial charge in [0, 0.05) is 6.04 Å². The van der Waals surface area contributed by atoms with Crippen LogP contribution in [0.4, 0.5) is 0 Å². The molecular weight excluding hydrogens is 312 g/mol. The van der Waals surface area contributed by atoms with Gasteiger partial charge in [-0.1, -0.05) is 44.8 Å². The van der Waals surface area contributed by atoms with Crippen molar-refractivity contribution in [3.05, 3.63) is 17.0 Å². The van der Waals surface area contributed by atoms with Crippen molar-refractivity contribution in [1.29, 1.82) is 0 Å². The molecule has 114 valence electrons. The van der Waals surface area contributed by atoms with Crippen LogP contribution in [0.5, 0.6) is 0 Å². The molecule has 0 bridgehead atoms. The molecule has 0 fully saturated rings. The van der Waals surface area contributed by atoms with Crippen LogP contribution in [-0.4, -0.2) is 19.4 Å². The maximum atomic E-state index is 12.2. The molecule has 1 atom stereocenters. The van der Waals surface area contributed by atoms with E-state index < -0.39 is 10.0 Å². The predicted molar refractivity (Wildman–Crippen MR) is 88.7 cm³/mol. The largest absolute Gasteiger partial charge is 0.389 e. The van der Waals surface area contributed by atoms with E-state index in [0.717, 1.165) is 30.6 Å². The van der Waals surface area contributed by atoms with Crippen molar-refractivity contribution in [3.8, 4) is 0 Å². The monoisotopic (exact) mass is 334 g/mol. The van der Waals surface area contributed by atoms with Crippen LogP contribution < -0.4 is 10.5 Å². The van der Waals surface area contributed by atoms with Gasteiger partial charge < -0.3 is 5.73 Å². The lowest BCUT2D eigenvalue weighted by molar-refractivity contribution is 0.523. The van der Waals surface area contributed by atoms with Gasteiger partial charge in [0.1, 0.15) is 9.20 Å². The number of nitrogens with two attached hydrogens (primary N) is 1. The summed E-state index contributed by atoms with van der Waals surface area (Å²) in [4.78, 5) is 0.847. The van der Waals surface area contributed by atoms with E-state index in [-0.39, 0.29) is 15.2 Å². The van der Waals surface area contributed by atoms with Crippen LogP contribution in [0.15, 0.2) is 16.3 Å². The molecule has 0 aliphatic rings. The number of hydrogen-bond donors (Lipinski definition) is 2. The molecule has 0 aromatic carbocycles. The summed E-state index contributed by atoms with van der Waals surface area (Å²) in [7, 11) is -3.46. The Morgan fingerprint density at radius 1 is 1.40 bits per heavy atom. The second-order valence-electron chi connectivity index (χ2n) is 4.85. The number of sulfonamides is 1. The molecule has 0 spiro atoms. The van der Waals surface area contributed by atoms with E-state index in [9.17, 15) is 8.42 Å². The molecule has 20 heavy (non-hydrogen) atoms. The fourth-order valence-corrected chi connectivity index (χ4v) is 4.50. The van der Waals surface area contributed by atoms with Crippen molar-refractivity contribution in [3.63, 3.8) is 0 Å². The molecule has 4 nitrogen and oxygen atoms in total. The summed E-state index contributed by atoms with van der Waals surface area (Å²) in [5, 5.41) is 0. The molecule has 0 saturated heterocycles. The zero-order valence-electron chi connectivity index (χ0n) is 11.9. The SMILES string of the molecule is CCCCCCC(C)NS(=O)(=O)c1ccc(C(N)=S)s1. The van der Waals surface area contributed by atoms with Gasteiger partial charge in [-0.2, -0.15) is 0 Å². The highest BCUT2D eigenvalue weighted by Gasteiger charge is 2.19. The maximum Gasteiger partial charge on any atom is 0.250 e. The van der Waals surface area contributed by atoms with E-state index in [1.165, 1.54) is 12.8 Å². The third-order valence-corrected chi connectivity index (χ3v) is 6.49. The van der Waals surface area contributed by atoms with Crippen LogP contribution in [-0.2, 0) is 10.0 Å². The standard InChI is InChI=1S/C13H22N2O2S3/c1-3-4-5-6-7-10(2)15-20(16,17)12-9-8-11(19-12)13(14)18/h8-10,15H,3-7H2,1-2H3,(H2,14,18). The Kier molecular flexibility index (Phi) is 7.08. The highest BCUT2D eigenvalue weighted by atomic mass is 32.2. The highest BCUT2D eigenvalue weighted by molar-refractivity contribution is 7.91. The average molecular weight is 335 g/mol. The second-order valence-corrected chi connectivity index (χ2v) is 8.32. The van der Waals surface area contributed by atoms with E-state index in [1.807, 2.05) is 6.92 Å². The van der Waals surface area contributed by atoms with Crippen molar-refractivity contribution >= 4 is 38.6 Å². The van der Waals surface area contributed by atoms with E-state index in [4.69, 9.17) is 18.0 Å². The molecule has 1 rings (SSSR count). The van der Waals surface area contributed by atoms with Gasteiger partial charge in [0.15, 0.2) is 0 Å². The number of hydrogen-bond acceptors (Lipinski definition) is 4. The number of thiophene rings is 1. The summed E-state index contributed by atoms with van der Waals surface area (Å²) < 4.78 is 27.3. The normalized spacial score (nSPS) is 13.3. The Morgan fingerprint density at radius 2 is 2.10 bits per heavy atom. The van der Waals surface area contributed by atoms with E-state index in [0.29, 0.717) is 4.88 Å². The summed E-state index contributed by atoms with van der Waals surface area (Å²) in [6, 6.07) is 3.13. The molecule has 0 aliphatic carbocycles. The quantitative estimate of drug-likeness (QED) is 0.538. The molecule has 1 heterocycles. The second kappa shape index (κ2) is 8.07. The Morgan fingerprint density at radius 3 is 2.65 bits per heavy atom. The van der Waals surface area contributed by atoms with E-state index >= 15 is 0 Å². The van der Waals surface area contributed by atoms with Crippen LogP contribution in [0, 0.1) is 0 Å². The van der Waals surface area contributed by atoms with Crippen LogP contribution >= 0.6 is 23.6 Å². The molecule has 0 amide bonds. The number of thiocarbonyl (C=S) groups is 1. The summed E-state index contributed by atoms with van der Waals surface area (Å²) in [5.74, 6) is 0. The van der Waals surface area contributed by atoms with Crippen molar-refractivity contribution in [2.75, 3.05) is 0 Å². The van der Waals surface area contributed by atoms with Gasteiger partial charge >= 0.3 is 0 Å². The predicted octanol–water partition coefficient (Wildman–Crippen LogP) is 3.02. The molecule has 0 aliphatic heterocycles. The van der Waals surface area contributed by atoms with Gasteiger partial charge in [0.2, 0.25) is 10.0 Å². The van der Waals surface area contributed by atoms with Crippen LogP contribution in [0.1, 0.15) is 50.8 Å². The van der Waals surface area contributed by atoms with Gasteiger partial charge in [-0.25, -0.2) is 13.1 Å². The highest BCUT2D eigenvalue weighted by Crippen LogP contribution is 2.22. The van der Waals surface area contributed by atoms with Crippen molar-refractivity contribution in [2.24, 2.45) is 5.73 Å². The smallest absolute Gasteiger partial charge is 0.250 e. The molecule has 1 aromatic heterocycles. The fraction of sp³-hybridized carbons (Fsp3) is 0.615. The minimum absolute atomic E-state index is 0.0627. The van der Waals surface area contributed by atoms with Crippen LogP contribution in [0.25, 0.3) is 0 Å². The van der Waals surface area contributed by atoms with Crippen LogP contribution in [0.3, 0.4) is 0 Å². The zero-order chi connectivity index (χ0) is 15.2. The van der Waals surface area contributed by atoms with Gasteiger partial charge in [0.25, 0.3) is 0 Å². The van der Waals surface area contributed by atoms with Gasteiger partial charge in [-0.05, 0) is 25.5 Å². The number of rotatable bonds is 9. The number of unbranched alkanes of at least 4 members (excludes halogenated alkanes) is 3. The van der Waals surface area contributed by atoms with Gasteiger partial charge in [-0.3, -0.25) is 0 Å². The lowest BCUT2D eigenvalue weighted by Gasteiger charge is -2.13. The third kappa shape index (κ3) is 5.47.